The SMILES string of the molecule is CN(C)CCN(C)C(=O)c1ccc(Nc2ncc3c(=N)n(-c4c(Cl)cccc4Cl)c(=O)[nH]c3n2)cc1. The third-order valence-electron chi connectivity index (χ3n) is 5.47. The van der Waals surface area contributed by atoms with E-state index in [1.165, 1.54) is 6.20 Å². The van der Waals surface area contributed by atoms with Gasteiger partial charge < -0.3 is 15.1 Å². The van der Waals surface area contributed by atoms with Crippen molar-refractivity contribution in [3.8, 4) is 5.69 Å². The van der Waals surface area contributed by atoms with Crippen LogP contribution in [0, 0.1) is 5.41 Å². The molecule has 2 heterocycles. The van der Waals surface area contributed by atoms with Crippen molar-refractivity contribution in [3.63, 3.8) is 0 Å². The lowest BCUT2D eigenvalue weighted by Crippen LogP contribution is -2.34. The van der Waals surface area contributed by atoms with Crippen LogP contribution in [0.25, 0.3) is 16.7 Å². The van der Waals surface area contributed by atoms with Gasteiger partial charge in [0.15, 0.2) is 5.65 Å². The number of carbonyl (C=O) groups is 1. The highest BCUT2D eigenvalue weighted by Crippen LogP contribution is 2.26. The third-order valence-corrected chi connectivity index (χ3v) is 6.08. The fourth-order valence-corrected chi connectivity index (χ4v) is 4.07. The van der Waals surface area contributed by atoms with Crippen LogP contribution in [0.4, 0.5) is 11.6 Å². The Hall–Kier alpha value is -3.73. The van der Waals surface area contributed by atoms with Gasteiger partial charge in [0, 0.05) is 37.6 Å². The topological polar surface area (TPSA) is 123 Å². The van der Waals surface area contributed by atoms with E-state index in [1.807, 2.05) is 19.0 Å². The highest BCUT2D eigenvalue weighted by molar-refractivity contribution is 6.37. The number of amides is 1. The van der Waals surface area contributed by atoms with E-state index in [0.29, 0.717) is 23.2 Å². The number of nitrogens with one attached hydrogen (secondary N) is 3. The van der Waals surface area contributed by atoms with E-state index in [2.05, 4.69) is 20.3 Å². The van der Waals surface area contributed by atoms with Crippen LogP contribution in [0.3, 0.4) is 0 Å². The average Bonchev–Trinajstić information content (AvgIpc) is 2.84. The molecule has 4 rings (SSSR count). The van der Waals surface area contributed by atoms with Crippen LogP contribution in [0.2, 0.25) is 10.0 Å². The minimum Gasteiger partial charge on any atom is -0.340 e. The Morgan fingerprint density at radius 2 is 1.75 bits per heavy atom. The number of H-pyrrole nitrogens is 1. The summed E-state index contributed by atoms with van der Waals surface area (Å²) in [7, 11) is 5.69. The second kappa shape index (κ2) is 10.5. The number of likely N-dealkylation sites (N-methyl/N-ethyl adjacent to an activating group) is 2. The molecule has 0 fully saturated rings. The summed E-state index contributed by atoms with van der Waals surface area (Å²) in [6.45, 7) is 1.39. The molecule has 0 saturated carbocycles. The average molecular weight is 527 g/mol. The lowest BCUT2D eigenvalue weighted by Gasteiger charge is -2.19. The van der Waals surface area contributed by atoms with Gasteiger partial charge in [-0.1, -0.05) is 29.3 Å². The Bertz CT molecular complexity index is 1530. The number of hydrogen-bond acceptors (Lipinski definition) is 7. The zero-order valence-electron chi connectivity index (χ0n) is 19.8. The Balaban J connectivity index is 1.58. The Morgan fingerprint density at radius 1 is 1.08 bits per heavy atom. The Kier molecular flexibility index (Phi) is 7.39. The molecule has 0 saturated heterocycles. The zero-order valence-corrected chi connectivity index (χ0v) is 21.4. The molecule has 0 aliphatic carbocycles. The van der Waals surface area contributed by atoms with E-state index in [-0.39, 0.29) is 38.7 Å². The molecule has 0 unspecified atom stereocenters. The summed E-state index contributed by atoms with van der Waals surface area (Å²) in [5, 5.41) is 12.4. The summed E-state index contributed by atoms with van der Waals surface area (Å²) < 4.78 is 1.08. The van der Waals surface area contributed by atoms with Crippen LogP contribution in [0.1, 0.15) is 10.4 Å². The van der Waals surface area contributed by atoms with Crippen molar-refractivity contribution in [3.05, 3.63) is 80.2 Å². The summed E-state index contributed by atoms with van der Waals surface area (Å²) in [6, 6.07) is 11.8. The van der Waals surface area contributed by atoms with Gasteiger partial charge in [-0.2, -0.15) is 4.98 Å². The smallest absolute Gasteiger partial charge is 0.333 e. The molecular formula is C24H24Cl2N8O2. The summed E-state index contributed by atoms with van der Waals surface area (Å²) in [6.07, 6.45) is 1.43. The maximum Gasteiger partial charge on any atom is 0.333 e. The van der Waals surface area contributed by atoms with Crippen LogP contribution in [0.15, 0.2) is 53.5 Å². The van der Waals surface area contributed by atoms with Crippen molar-refractivity contribution in [2.75, 3.05) is 39.5 Å². The molecule has 0 bridgehead atoms. The first kappa shape index (κ1) is 25.4. The van der Waals surface area contributed by atoms with Crippen molar-refractivity contribution < 1.29 is 4.79 Å². The summed E-state index contributed by atoms with van der Waals surface area (Å²) in [5.41, 5.74) is 0.829. The van der Waals surface area contributed by atoms with Gasteiger partial charge in [-0.3, -0.25) is 15.2 Å². The first-order valence-electron chi connectivity index (χ1n) is 10.9. The predicted octanol–water partition coefficient (Wildman–Crippen LogP) is 3.27. The van der Waals surface area contributed by atoms with Gasteiger partial charge in [0.05, 0.1) is 21.1 Å². The van der Waals surface area contributed by atoms with Gasteiger partial charge in [-0.25, -0.2) is 14.3 Å². The predicted molar refractivity (Wildman–Crippen MR) is 141 cm³/mol. The minimum atomic E-state index is -0.617. The van der Waals surface area contributed by atoms with Crippen molar-refractivity contribution in [1.29, 1.82) is 5.41 Å². The number of halogens is 2. The summed E-state index contributed by atoms with van der Waals surface area (Å²) in [5.74, 6) is 0.145. The van der Waals surface area contributed by atoms with Crippen molar-refractivity contribution in [2.45, 2.75) is 0 Å². The lowest BCUT2D eigenvalue weighted by atomic mass is 10.2. The summed E-state index contributed by atoms with van der Waals surface area (Å²) in [4.78, 5) is 40.4. The fraction of sp³-hybridized carbons (Fsp3) is 0.208. The molecule has 1 amide bonds. The van der Waals surface area contributed by atoms with E-state index < -0.39 is 5.69 Å². The number of carbonyl (C=O) groups excluding carboxylic acids is 1. The molecule has 0 atom stereocenters. The van der Waals surface area contributed by atoms with Crippen LogP contribution < -0.4 is 16.5 Å². The van der Waals surface area contributed by atoms with E-state index in [4.69, 9.17) is 28.6 Å². The molecule has 0 aliphatic heterocycles. The maximum atomic E-state index is 12.8. The summed E-state index contributed by atoms with van der Waals surface area (Å²) >= 11 is 12.5. The maximum absolute atomic E-state index is 12.8. The first-order chi connectivity index (χ1) is 17.2. The molecule has 2 aromatic carbocycles. The van der Waals surface area contributed by atoms with Gasteiger partial charge in [0.1, 0.15) is 5.49 Å². The third kappa shape index (κ3) is 5.25. The first-order valence-corrected chi connectivity index (χ1v) is 11.7. The zero-order chi connectivity index (χ0) is 26.0. The molecule has 3 N–H and O–H groups in total. The second-order valence-corrected chi connectivity index (χ2v) is 9.19. The lowest BCUT2D eigenvalue weighted by molar-refractivity contribution is 0.0786. The molecule has 4 aromatic rings. The number of para-hydroxylation sites is 1. The van der Waals surface area contributed by atoms with Gasteiger partial charge in [-0.05, 0) is 50.5 Å². The van der Waals surface area contributed by atoms with Crippen LogP contribution in [-0.2, 0) is 0 Å². The van der Waals surface area contributed by atoms with Crippen molar-refractivity contribution in [1.82, 2.24) is 29.3 Å². The fourth-order valence-electron chi connectivity index (χ4n) is 3.50. The Labute approximate surface area is 216 Å². The van der Waals surface area contributed by atoms with Crippen molar-refractivity contribution in [2.24, 2.45) is 0 Å². The van der Waals surface area contributed by atoms with E-state index in [9.17, 15) is 9.59 Å². The molecular weight excluding hydrogens is 503 g/mol. The highest BCUT2D eigenvalue weighted by atomic mass is 35.5. The number of hydrogen-bond donors (Lipinski definition) is 3. The number of nitrogens with zero attached hydrogens (tertiary/aromatic N) is 5. The van der Waals surface area contributed by atoms with Crippen LogP contribution >= 0.6 is 23.2 Å². The number of benzene rings is 2. The normalized spacial score (nSPS) is 11.2. The number of anilines is 2. The van der Waals surface area contributed by atoms with Crippen LogP contribution in [0.5, 0.6) is 0 Å². The van der Waals surface area contributed by atoms with Gasteiger partial charge in [0.25, 0.3) is 5.91 Å². The number of fused-ring (bicyclic) bond motifs is 1. The molecule has 12 heteroatoms. The monoisotopic (exact) mass is 526 g/mol. The second-order valence-electron chi connectivity index (χ2n) is 8.37. The van der Waals surface area contributed by atoms with Gasteiger partial charge >= 0.3 is 5.69 Å². The van der Waals surface area contributed by atoms with Crippen molar-refractivity contribution >= 4 is 51.8 Å². The number of aromatic nitrogens is 4. The quantitative estimate of drug-likeness (QED) is 0.339. The molecule has 36 heavy (non-hydrogen) atoms. The Morgan fingerprint density at radius 3 is 2.39 bits per heavy atom. The molecule has 0 spiro atoms. The number of rotatable bonds is 7. The molecule has 0 radical (unpaired) electrons. The standard InChI is InChI=1S/C24H24Cl2N8O2/c1-32(2)11-12-33(3)22(35)14-7-9-15(10-8-14)29-23-28-13-16-20(27)34(24(36)31-21(16)30-23)19-17(25)5-4-6-18(19)26/h4-10,13,27H,11-12H2,1-3H3,(H2,28,29,30,31,36). The van der Waals surface area contributed by atoms with Gasteiger partial charge in [-0.15, -0.1) is 0 Å². The molecule has 0 aliphatic rings. The minimum absolute atomic E-state index is 0.0715. The molecule has 186 valence electrons. The van der Waals surface area contributed by atoms with Crippen LogP contribution in [-0.4, -0.2) is 69.5 Å². The number of aromatic amines is 1. The van der Waals surface area contributed by atoms with E-state index in [1.54, 1.807) is 54.4 Å². The van der Waals surface area contributed by atoms with Gasteiger partial charge in [0.2, 0.25) is 5.95 Å². The molecule has 2 aromatic heterocycles. The molecule has 10 nitrogen and oxygen atoms in total. The largest absolute Gasteiger partial charge is 0.340 e. The van der Waals surface area contributed by atoms with E-state index >= 15 is 0 Å². The highest BCUT2D eigenvalue weighted by Gasteiger charge is 2.15. The van der Waals surface area contributed by atoms with E-state index in [0.717, 1.165) is 11.1 Å².